The third kappa shape index (κ3) is 5.94. The van der Waals surface area contributed by atoms with Crippen molar-refractivity contribution in [2.45, 2.75) is 19.8 Å². The molecule has 0 aliphatic carbocycles. The summed E-state index contributed by atoms with van der Waals surface area (Å²) in [5.74, 6) is 0.201. The van der Waals surface area contributed by atoms with Crippen LogP contribution in [0.1, 0.15) is 40.5 Å². The molecular formula is C21H24Cl2NO2+. The van der Waals surface area contributed by atoms with Crippen molar-refractivity contribution in [3.05, 3.63) is 69.7 Å². The molecule has 0 saturated heterocycles. The lowest BCUT2D eigenvalue weighted by Crippen LogP contribution is -2.46. The van der Waals surface area contributed by atoms with Crippen LogP contribution in [0.3, 0.4) is 0 Å². The minimum absolute atomic E-state index is 0.100. The molecule has 0 aliphatic rings. The van der Waals surface area contributed by atoms with Gasteiger partial charge in [0.15, 0.2) is 11.6 Å². The van der Waals surface area contributed by atoms with Gasteiger partial charge in [-0.2, -0.15) is 0 Å². The van der Waals surface area contributed by atoms with Gasteiger partial charge in [-0.25, -0.2) is 0 Å². The number of hydrogen-bond acceptors (Lipinski definition) is 2. The zero-order chi connectivity index (χ0) is 19.2. The summed E-state index contributed by atoms with van der Waals surface area (Å²) in [4.78, 5) is 24.8. The second-order valence-corrected chi connectivity index (χ2v) is 7.62. The van der Waals surface area contributed by atoms with Crippen LogP contribution in [-0.2, 0) is 0 Å². The predicted octanol–water partition coefficient (Wildman–Crippen LogP) is 5.31. The van der Waals surface area contributed by atoms with Gasteiger partial charge in [0.2, 0.25) is 0 Å². The molecule has 2 aromatic carbocycles. The Bertz CT molecular complexity index is 693. The lowest BCUT2D eigenvalue weighted by molar-refractivity contribution is -0.906. The Kier molecular flexibility index (Phi) is 7.39. The van der Waals surface area contributed by atoms with Gasteiger partial charge in [-0.3, -0.25) is 9.59 Å². The average Bonchev–Trinajstić information content (AvgIpc) is 2.65. The van der Waals surface area contributed by atoms with Crippen LogP contribution in [0.2, 0.25) is 10.0 Å². The molecular weight excluding hydrogens is 369 g/mol. The highest BCUT2D eigenvalue weighted by Crippen LogP contribution is 2.15. The van der Waals surface area contributed by atoms with Crippen LogP contribution in [-0.4, -0.2) is 42.7 Å². The number of ketones is 2. The normalized spacial score (nSPS) is 11.4. The molecule has 0 radical (unpaired) electrons. The maximum Gasteiger partial charge on any atom is 0.168 e. The van der Waals surface area contributed by atoms with E-state index in [1.54, 1.807) is 48.5 Å². The van der Waals surface area contributed by atoms with Gasteiger partial charge in [0.05, 0.1) is 39.5 Å². The fraction of sp³-hybridized carbons (Fsp3) is 0.333. The number of quaternary nitrogens is 1. The summed E-state index contributed by atoms with van der Waals surface area (Å²) in [6, 6.07) is 13.9. The predicted molar refractivity (Wildman–Crippen MR) is 107 cm³/mol. The Morgan fingerprint density at radius 2 is 1.12 bits per heavy atom. The van der Waals surface area contributed by atoms with E-state index in [1.165, 1.54) is 0 Å². The summed E-state index contributed by atoms with van der Waals surface area (Å²) in [7, 11) is 2.09. The summed E-state index contributed by atoms with van der Waals surface area (Å²) in [6.07, 6.45) is 0.891. The fourth-order valence-electron chi connectivity index (χ4n) is 2.73. The van der Waals surface area contributed by atoms with Crippen molar-refractivity contribution in [2.75, 3.05) is 26.7 Å². The second kappa shape index (κ2) is 9.31. The Balaban J connectivity index is 1.90. The zero-order valence-electron chi connectivity index (χ0n) is 15.2. The molecule has 0 fully saturated rings. The molecule has 0 bridgehead atoms. The summed E-state index contributed by atoms with van der Waals surface area (Å²) < 4.78 is 0.679. The largest absolute Gasteiger partial charge is 0.326 e. The van der Waals surface area contributed by atoms with Gasteiger partial charge in [0, 0.05) is 21.2 Å². The minimum Gasteiger partial charge on any atom is -0.326 e. The van der Waals surface area contributed by atoms with Gasteiger partial charge in [-0.15, -0.1) is 0 Å². The molecule has 0 atom stereocenters. The van der Waals surface area contributed by atoms with Crippen LogP contribution >= 0.6 is 23.2 Å². The first-order chi connectivity index (χ1) is 12.3. The van der Waals surface area contributed by atoms with E-state index in [-0.39, 0.29) is 11.6 Å². The quantitative estimate of drug-likeness (QED) is 0.428. The molecule has 0 aliphatic heterocycles. The van der Waals surface area contributed by atoms with Gasteiger partial charge in [-0.1, -0.05) is 23.2 Å². The lowest BCUT2D eigenvalue weighted by Gasteiger charge is -2.33. The minimum atomic E-state index is 0.100. The van der Waals surface area contributed by atoms with Gasteiger partial charge in [-0.05, 0) is 55.5 Å². The molecule has 0 amide bonds. The number of rotatable bonds is 9. The van der Waals surface area contributed by atoms with Crippen molar-refractivity contribution in [3.63, 3.8) is 0 Å². The first kappa shape index (κ1) is 20.6. The fourth-order valence-corrected chi connectivity index (χ4v) is 2.98. The van der Waals surface area contributed by atoms with Gasteiger partial charge in [0.1, 0.15) is 0 Å². The van der Waals surface area contributed by atoms with Crippen LogP contribution in [0.25, 0.3) is 0 Å². The topological polar surface area (TPSA) is 34.1 Å². The lowest BCUT2D eigenvalue weighted by atomic mass is 10.1. The van der Waals surface area contributed by atoms with Gasteiger partial charge >= 0.3 is 0 Å². The highest BCUT2D eigenvalue weighted by Gasteiger charge is 2.22. The Morgan fingerprint density at radius 1 is 0.769 bits per heavy atom. The standard InChI is InChI=1S/C21H24Cl2NO2/c1-3-24(2,14-12-20(25)16-4-8-18(22)9-5-16)15-13-21(26)17-6-10-19(23)11-7-17/h4-11H,3,12-15H2,1-2H3/q+1. The molecule has 5 heteroatoms. The molecule has 0 unspecified atom stereocenters. The highest BCUT2D eigenvalue weighted by molar-refractivity contribution is 6.31. The van der Waals surface area contributed by atoms with Crippen LogP contribution in [0.5, 0.6) is 0 Å². The summed E-state index contributed by atoms with van der Waals surface area (Å²) in [5, 5.41) is 1.24. The molecule has 0 spiro atoms. The summed E-state index contributed by atoms with van der Waals surface area (Å²) >= 11 is 11.7. The summed E-state index contributed by atoms with van der Waals surface area (Å²) in [6.45, 7) is 4.35. The second-order valence-electron chi connectivity index (χ2n) is 6.74. The summed E-state index contributed by atoms with van der Waals surface area (Å²) in [5.41, 5.74) is 1.35. The third-order valence-electron chi connectivity index (χ3n) is 4.85. The van der Waals surface area contributed by atoms with Crippen LogP contribution in [0.15, 0.2) is 48.5 Å². The maximum atomic E-state index is 12.4. The smallest absolute Gasteiger partial charge is 0.168 e. The maximum absolute atomic E-state index is 12.4. The van der Waals surface area contributed by atoms with E-state index in [9.17, 15) is 9.59 Å². The number of nitrogens with zero attached hydrogens (tertiary/aromatic N) is 1. The van der Waals surface area contributed by atoms with Crippen molar-refractivity contribution in [2.24, 2.45) is 0 Å². The van der Waals surface area contributed by atoms with Crippen LogP contribution in [0, 0.1) is 0 Å². The highest BCUT2D eigenvalue weighted by atomic mass is 35.5. The van der Waals surface area contributed by atoms with E-state index in [0.29, 0.717) is 51.6 Å². The van der Waals surface area contributed by atoms with Crippen LogP contribution < -0.4 is 0 Å². The number of carbonyl (C=O) groups excluding carboxylic acids is 2. The SMILES string of the molecule is CC[N+](C)(CCC(=O)c1ccc(Cl)cc1)CCC(=O)c1ccc(Cl)cc1. The van der Waals surface area contributed by atoms with E-state index in [1.807, 2.05) is 0 Å². The molecule has 0 aromatic heterocycles. The van der Waals surface area contributed by atoms with E-state index >= 15 is 0 Å². The van der Waals surface area contributed by atoms with Gasteiger partial charge < -0.3 is 4.48 Å². The molecule has 2 aromatic rings. The number of halogens is 2. The first-order valence-electron chi connectivity index (χ1n) is 8.74. The van der Waals surface area contributed by atoms with E-state index in [2.05, 4.69) is 14.0 Å². The zero-order valence-corrected chi connectivity index (χ0v) is 16.7. The van der Waals surface area contributed by atoms with E-state index < -0.39 is 0 Å². The monoisotopic (exact) mass is 392 g/mol. The van der Waals surface area contributed by atoms with Crippen molar-refractivity contribution in [1.29, 1.82) is 0 Å². The number of carbonyl (C=O) groups is 2. The van der Waals surface area contributed by atoms with E-state index in [0.717, 1.165) is 6.54 Å². The molecule has 26 heavy (non-hydrogen) atoms. The Morgan fingerprint density at radius 3 is 1.42 bits per heavy atom. The van der Waals surface area contributed by atoms with Crippen molar-refractivity contribution in [1.82, 2.24) is 0 Å². The van der Waals surface area contributed by atoms with Gasteiger partial charge in [0.25, 0.3) is 0 Å². The van der Waals surface area contributed by atoms with E-state index in [4.69, 9.17) is 23.2 Å². The van der Waals surface area contributed by atoms with Crippen LogP contribution in [0.4, 0.5) is 0 Å². The Hall–Kier alpha value is -1.68. The average molecular weight is 393 g/mol. The third-order valence-corrected chi connectivity index (χ3v) is 5.36. The molecule has 138 valence electrons. The molecule has 0 N–H and O–H groups in total. The molecule has 0 saturated carbocycles. The molecule has 3 nitrogen and oxygen atoms in total. The number of Topliss-reactive ketones (excluding diaryl/α,β-unsaturated/α-hetero) is 2. The first-order valence-corrected chi connectivity index (χ1v) is 9.49. The Labute approximate surface area is 165 Å². The van der Waals surface area contributed by atoms with Crippen molar-refractivity contribution in [3.8, 4) is 0 Å². The van der Waals surface area contributed by atoms with Crippen molar-refractivity contribution < 1.29 is 14.1 Å². The number of hydrogen-bond donors (Lipinski definition) is 0. The molecule has 2 rings (SSSR count). The van der Waals surface area contributed by atoms with Crippen molar-refractivity contribution >= 4 is 34.8 Å². The number of benzene rings is 2. The molecule has 0 heterocycles.